The Bertz CT molecular complexity index is 80.1. The van der Waals surface area contributed by atoms with E-state index < -0.39 is 5.79 Å². The lowest BCUT2D eigenvalue weighted by atomic mass is 10.0. The molecule has 0 N–H and O–H groups in total. The Morgan fingerprint density at radius 1 is 1.71 bits per heavy atom. The molecule has 0 saturated carbocycles. The molecule has 0 radical (unpaired) electrons. The van der Waals surface area contributed by atoms with E-state index in [1.807, 2.05) is 0 Å². The third kappa shape index (κ3) is 0.630. The van der Waals surface area contributed by atoms with Crippen LogP contribution in [0, 0.1) is 0 Å². The average molecular weight is 103 g/mol. The van der Waals surface area contributed by atoms with Crippen LogP contribution in [0.2, 0.25) is 0 Å². The SMILES string of the molecule is CN1CCC1(C)F. The number of alkyl halides is 1. The van der Waals surface area contributed by atoms with E-state index in [4.69, 9.17) is 0 Å². The molecule has 1 heterocycles. The Kier molecular flexibility index (Phi) is 0.854. The van der Waals surface area contributed by atoms with Crippen LogP contribution in [0.15, 0.2) is 0 Å². The quantitative estimate of drug-likeness (QED) is 0.413. The van der Waals surface area contributed by atoms with Gasteiger partial charge in [-0.15, -0.1) is 0 Å². The van der Waals surface area contributed by atoms with Gasteiger partial charge in [-0.25, -0.2) is 4.39 Å². The minimum atomic E-state index is -0.986. The minimum absolute atomic E-state index is 0.698. The number of hydrogen-bond donors (Lipinski definition) is 0. The van der Waals surface area contributed by atoms with Crippen LogP contribution in [0.25, 0.3) is 0 Å². The molecule has 1 aliphatic heterocycles. The van der Waals surface area contributed by atoms with Crippen LogP contribution in [0.4, 0.5) is 4.39 Å². The zero-order valence-corrected chi connectivity index (χ0v) is 4.74. The molecule has 0 aromatic rings. The highest BCUT2D eigenvalue weighted by atomic mass is 19.1. The summed E-state index contributed by atoms with van der Waals surface area (Å²) < 4.78 is 12.5. The molecule has 1 unspecified atom stereocenters. The van der Waals surface area contributed by atoms with Crippen molar-refractivity contribution in [1.29, 1.82) is 0 Å². The van der Waals surface area contributed by atoms with Crippen LogP contribution < -0.4 is 0 Å². The summed E-state index contributed by atoms with van der Waals surface area (Å²) in [7, 11) is 1.80. The van der Waals surface area contributed by atoms with E-state index in [2.05, 4.69) is 0 Å². The molecule has 1 atom stereocenters. The monoisotopic (exact) mass is 103 g/mol. The predicted octanol–water partition coefficient (Wildman–Crippen LogP) is 1.01. The molecular formula is C5H10FN. The summed E-state index contributed by atoms with van der Waals surface area (Å²) in [5.41, 5.74) is 0. The first-order valence-corrected chi connectivity index (χ1v) is 2.53. The van der Waals surface area contributed by atoms with Gasteiger partial charge in [0.25, 0.3) is 0 Å². The lowest BCUT2D eigenvalue weighted by molar-refractivity contribution is -0.0856. The average Bonchev–Trinajstić information content (AvgIpc) is 1.63. The number of likely N-dealkylation sites (tertiary alicyclic amines) is 1. The van der Waals surface area contributed by atoms with Gasteiger partial charge in [0.1, 0.15) is 0 Å². The molecule has 1 nitrogen and oxygen atoms in total. The molecule has 2 heteroatoms. The molecule has 0 aromatic carbocycles. The summed E-state index contributed by atoms with van der Waals surface area (Å²) in [4.78, 5) is 1.70. The van der Waals surface area contributed by atoms with Crippen LogP contribution in [0.5, 0.6) is 0 Å². The molecule has 1 fully saturated rings. The lowest BCUT2D eigenvalue weighted by Gasteiger charge is -2.41. The van der Waals surface area contributed by atoms with Crippen molar-refractivity contribution >= 4 is 0 Å². The molecule has 1 saturated heterocycles. The van der Waals surface area contributed by atoms with Gasteiger partial charge in [-0.2, -0.15) is 0 Å². The summed E-state index contributed by atoms with van der Waals surface area (Å²) >= 11 is 0. The van der Waals surface area contributed by atoms with Crippen molar-refractivity contribution in [3.05, 3.63) is 0 Å². The van der Waals surface area contributed by atoms with Crippen molar-refractivity contribution < 1.29 is 4.39 Å². The summed E-state index contributed by atoms with van der Waals surface area (Å²) in [6.07, 6.45) is 0.698. The summed E-state index contributed by atoms with van der Waals surface area (Å²) in [5.74, 6) is -0.986. The standard InChI is InChI=1S/C5H10FN/c1-5(6)3-4-7(5)2/h3-4H2,1-2H3. The highest BCUT2D eigenvalue weighted by molar-refractivity contribution is 4.82. The van der Waals surface area contributed by atoms with Crippen molar-refractivity contribution in [3.63, 3.8) is 0 Å². The van der Waals surface area contributed by atoms with Crippen LogP contribution in [0.3, 0.4) is 0 Å². The van der Waals surface area contributed by atoms with Gasteiger partial charge < -0.3 is 0 Å². The Morgan fingerprint density at radius 2 is 2.14 bits per heavy atom. The summed E-state index contributed by atoms with van der Waals surface area (Å²) in [5, 5.41) is 0. The van der Waals surface area contributed by atoms with Crippen molar-refractivity contribution in [2.45, 2.75) is 19.1 Å². The number of hydrogen-bond acceptors (Lipinski definition) is 1. The maximum atomic E-state index is 12.5. The molecule has 0 amide bonds. The third-order valence-electron chi connectivity index (χ3n) is 1.70. The minimum Gasteiger partial charge on any atom is -0.275 e. The van der Waals surface area contributed by atoms with Crippen molar-refractivity contribution in [2.75, 3.05) is 13.6 Å². The highest BCUT2D eigenvalue weighted by Gasteiger charge is 2.37. The zero-order chi connectivity index (χ0) is 5.49. The van der Waals surface area contributed by atoms with E-state index in [-0.39, 0.29) is 0 Å². The molecule has 0 spiro atoms. The number of nitrogens with zero attached hydrogens (tertiary/aromatic N) is 1. The Hall–Kier alpha value is -0.110. The van der Waals surface area contributed by atoms with Gasteiger partial charge in [-0.05, 0) is 14.0 Å². The van der Waals surface area contributed by atoms with Gasteiger partial charge >= 0.3 is 0 Å². The van der Waals surface area contributed by atoms with Crippen LogP contribution >= 0.6 is 0 Å². The van der Waals surface area contributed by atoms with E-state index in [0.717, 1.165) is 6.54 Å². The topological polar surface area (TPSA) is 3.24 Å². The Balaban J connectivity index is 2.43. The van der Waals surface area contributed by atoms with Gasteiger partial charge in [0, 0.05) is 13.0 Å². The smallest absolute Gasteiger partial charge is 0.162 e. The Morgan fingerprint density at radius 3 is 2.14 bits per heavy atom. The molecule has 1 aliphatic rings. The first-order chi connectivity index (χ1) is 3.13. The molecule has 0 aliphatic carbocycles. The fourth-order valence-electron chi connectivity index (χ4n) is 0.644. The fraction of sp³-hybridized carbons (Fsp3) is 1.00. The van der Waals surface area contributed by atoms with E-state index in [1.165, 1.54) is 0 Å². The first-order valence-electron chi connectivity index (χ1n) is 2.53. The molecule has 1 rings (SSSR count). The van der Waals surface area contributed by atoms with E-state index in [9.17, 15) is 4.39 Å². The third-order valence-corrected chi connectivity index (χ3v) is 1.70. The fourth-order valence-corrected chi connectivity index (χ4v) is 0.644. The second-order valence-electron chi connectivity index (χ2n) is 2.31. The van der Waals surface area contributed by atoms with Gasteiger partial charge in [-0.1, -0.05) is 0 Å². The maximum Gasteiger partial charge on any atom is 0.162 e. The largest absolute Gasteiger partial charge is 0.275 e. The van der Waals surface area contributed by atoms with E-state index >= 15 is 0 Å². The van der Waals surface area contributed by atoms with Gasteiger partial charge in [0.05, 0.1) is 0 Å². The second-order valence-corrected chi connectivity index (χ2v) is 2.31. The normalized spacial score (nSPS) is 43.3. The van der Waals surface area contributed by atoms with Gasteiger partial charge in [0.2, 0.25) is 0 Å². The van der Waals surface area contributed by atoms with E-state index in [0.29, 0.717) is 6.42 Å². The highest BCUT2D eigenvalue weighted by Crippen LogP contribution is 2.28. The lowest BCUT2D eigenvalue weighted by Crippen LogP contribution is -2.51. The van der Waals surface area contributed by atoms with Crippen molar-refractivity contribution in [3.8, 4) is 0 Å². The summed E-state index contributed by atoms with van der Waals surface area (Å²) in [6.45, 7) is 2.52. The zero-order valence-electron chi connectivity index (χ0n) is 4.74. The number of rotatable bonds is 0. The second kappa shape index (κ2) is 1.19. The molecular weight excluding hydrogens is 93.1 g/mol. The number of halogens is 1. The van der Waals surface area contributed by atoms with Gasteiger partial charge in [0.15, 0.2) is 5.79 Å². The van der Waals surface area contributed by atoms with Crippen LogP contribution in [-0.2, 0) is 0 Å². The van der Waals surface area contributed by atoms with Crippen LogP contribution in [0.1, 0.15) is 13.3 Å². The molecule has 0 aromatic heterocycles. The first kappa shape index (κ1) is 5.04. The van der Waals surface area contributed by atoms with Crippen molar-refractivity contribution in [2.24, 2.45) is 0 Å². The summed E-state index contributed by atoms with van der Waals surface area (Å²) in [6, 6.07) is 0. The Labute approximate surface area is 43.1 Å². The van der Waals surface area contributed by atoms with Crippen molar-refractivity contribution in [1.82, 2.24) is 4.90 Å². The van der Waals surface area contributed by atoms with Gasteiger partial charge in [-0.3, -0.25) is 4.90 Å². The molecule has 42 valence electrons. The molecule has 0 bridgehead atoms. The predicted molar refractivity (Wildman–Crippen MR) is 26.8 cm³/mol. The molecule has 7 heavy (non-hydrogen) atoms. The maximum absolute atomic E-state index is 12.5. The van der Waals surface area contributed by atoms with Crippen LogP contribution in [-0.4, -0.2) is 24.3 Å². The van der Waals surface area contributed by atoms with E-state index in [1.54, 1.807) is 18.9 Å².